The third-order valence-electron chi connectivity index (χ3n) is 5.21. The Kier molecular flexibility index (Phi) is 6.75. The molecule has 1 atom stereocenters. The molecule has 0 unspecified atom stereocenters. The minimum atomic E-state index is -0.572. The van der Waals surface area contributed by atoms with E-state index < -0.39 is 6.10 Å². The van der Waals surface area contributed by atoms with Gasteiger partial charge in [-0.25, -0.2) is 0 Å². The lowest BCUT2D eigenvalue weighted by Crippen LogP contribution is -2.48. The molecule has 1 amide bonds. The van der Waals surface area contributed by atoms with Crippen LogP contribution in [0.5, 0.6) is 5.75 Å². The molecule has 1 aliphatic heterocycles. The smallest absolute Gasteiger partial charge is 0.261 e. The molecule has 1 saturated heterocycles. The summed E-state index contributed by atoms with van der Waals surface area (Å²) in [7, 11) is 0. The van der Waals surface area contributed by atoms with Crippen molar-refractivity contribution in [3.8, 4) is 5.75 Å². The lowest BCUT2D eigenvalue weighted by Gasteiger charge is -2.38. The van der Waals surface area contributed by atoms with Gasteiger partial charge in [0, 0.05) is 25.2 Å². The Hall–Kier alpha value is -2.04. The number of ether oxygens (including phenoxy) is 2. The van der Waals surface area contributed by atoms with Gasteiger partial charge in [-0.3, -0.25) is 4.79 Å². The number of hydrogen-bond donors (Lipinski definition) is 1. The number of halogens is 1. The molecule has 0 bridgehead atoms. The van der Waals surface area contributed by atoms with Crippen molar-refractivity contribution in [1.82, 2.24) is 5.32 Å². The molecule has 0 radical (unpaired) electrons. The van der Waals surface area contributed by atoms with Crippen LogP contribution >= 0.6 is 11.6 Å². The zero-order valence-electron chi connectivity index (χ0n) is 15.6. The van der Waals surface area contributed by atoms with Crippen LogP contribution in [0, 0.1) is 0 Å². The summed E-state index contributed by atoms with van der Waals surface area (Å²) in [6.07, 6.45) is 1.77. The molecule has 144 valence electrons. The SMILES string of the molecule is CC[C@@H](Oc1ccccc1Cl)C(=O)NCC1(c2ccccc2)CCOCC1. The normalized spacial score (nSPS) is 17.1. The highest BCUT2D eigenvalue weighted by Crippen LogP contribution is 2.34. The minimum Gasteiger partial charge on any atom is -0.479 e. The number of amides is 1. The molecule has 0 aromatic heterocycles. The van der Waals surface area contributed by atoms with Crippen LogP contribution in [-0.2, 0) is 14.9 Å². The molecule has 27 heavy (non-hydrogen) atoms. The maximum atomic E-state index is 12.8. The third kappa shape index (κ3) is 4.82. The fourth-order valence-electron chi connectivity index (χ4n) is 3.51. The quantitative estimate of drug-likeness (QED) is 0.767. The van der Waals surface area contributed by atoms with Crippen LogP contribution in [0.1, 0.15) is 31.7 Å². The van der Waals surface area contributed by atoms with Gasteiger partial charge >= 0.3 is 0 Å². The van der Waals surface area contributed by atoms with Crippen molar-refractivity contribution in [2.45, 2.75) is 37.7 Å². The molecule has 0 saturated carbocycles. The maximum Gasteiger partial charge on any atom is 0.261 e. The number of carbonyl (C=O) groups excluding carboxylic acids is 1. The Morgan fingerprint density at radius 3 is 2.48 bits per heavy atom. The Morgan fingerprint density at radius 1 is 1.15 bits per heavy atom. The van der Waals surface area contributed by atoms with Gasteiger partial charge in [0.05, 0.1) is 5.02 Å². The minimum absolute atomic E-state index is 0.0994. The monoisotopic (exact) mass is 387 g/mol. The fraction of sp³-hybridized carbons (Fsp3) is 0.409. The zero-order chi connectivity index (χ0) is 19.1. The average molecular weight is 388 g/mol. The van der Waals surface area contributed by atoms with Crippen LogP contribution in [0.2, 0.25) is 5.02 Å². The van der Waals surface area contributed by atoms with Gasteiger partial charge in [-0.05, 0) is 37.0 Å². The average Bonchev–Trinajstić information content (AvgIpc) is 2.73. The number of hydrogen-bond acceptors (Lipinski definition) is 3. The van der Waals surface area contributed by atoms with Crippen LogP contribution < -0.4 is 10.1 Å². The van der Waals surface area contributed by atoms with E-state index in [2.05, 4.69) is 17.4 Å². The summed E-state index contributed by atoms with van der Waals surface area (Å²) < 4.78 is 11.4. The van der Waals surface area contributed by atoms with Gasteiger partial charge in [0.2, 0.25) is 0 Å². The highest BCUT2D eigenvalue weighted by molar-refractivity contribution is 6.32. The summed E-state index contributed by atoms with van der Waals surface area (Å²) in [5.41, 5.74) is 1.14. The molecule has 1 aliphatic rings. The lowest BCUT2D eigenvalue weighted by molar-refractivity contribution is -0.128. The zero-order valence-corrected chi connectivity index (χ0v) is 16.4. The molecule has 2 aromatic rings. The van der Waals surface area contributed by atoms with Crippen LogP contribution in [0.4, 0.5) is 0 Å². The second kappa shape index (κ2) is 9.25. The van der Waals surface area contributed by atoms with E-state index in [0.29, 0.717) is 37.0 Å². The van der Waals surface area contributed by atoms with Gasteiger partial charge in [0.25, 0.3) is 5.91 Å². The summed E-state index contributed by atoms with van der Waals surface area (Å²) in [6, 6.07) is 17.6. The van der Waals surface area contributed by atoms with E-state index in [9.17, 15) is 4.79 Å². The van der Waals surface area contributed by atoms with Crippen LogP contribution in [-0.4, -0.2) is 31.8 Å². The first-order valence-electron chi connectivity index (χ1n) is 9.47. The molecular weight excluding hydrogens is 362 g/mol. The Labute approximate surface area is 165 Å². The molecule has 3 rings (SSSR count). The second-order valence-electron chi connectivity index (χ2n) is 6.92. The van der Waals surface area contributed by atoms with Gasteiger partial charge in [0.15, 0.2) is 6.10 Å². The van der Waals surface area contributed by atoms with E-state index in [1.807, 2.05) is 37.3 Å². The van der Waals surface area contributed by atoms with Crippen LogP contribution in [0.25, 0.3) is 0 Å². The number of rotatable bonds is 7. The summed E-state index contributed by atoms with van der Waals surface area (Å²) >= 11 is 6.16. The topological polar surface area (TPSA) is 47.6 Å². The van der Waals surface area contributed by atoms with Gasteiger partial charge in [-0.2, -0.15) is 0 Å². The van der Waals surface area contributed by atoms with Gasteiger partial charge in [0.1, 0.15) is 5.75 Å². The molecule has 0 spiro atoms. The summed E-state index contributed by atoms with van der Waals surface area (Å²) in [6.45, 7) is 3.92. The van der Waals surface area contributed by atoms with Gasteiger partial charge < -0.3 is 14.8 Å². The van der Waals surface area contributed by atoms with E-state index in [0.717, 1.165) is 12.8 Å². The largest absolute Gasteiger partial charge is 0.479 e. The van der Waals surface area contributed by atoms with E-state index >= 15 is 0 Å². The van der Waals surface area contributed by atoms with Gasteiger partial charge in [-0.15, -0.1) is 0 Å². The molecule has 1 heterocycles. The molecule has 4 nitrogen and oxygen atoms in total. The van der Waals surface area contributed by atoms with Crippen molar-refractivity contribution >= 4 is 17.5 Å². The van der Waals surface area contributed by atoms with E-state index in [4.69, 9.17) is 21.1 Å². The molecule has 1 fully saturated rings. The lowest BCUT2D eigenvalue weighted by atomic mass is 9.74. The highest BCUT2D eigenvalue weighted by atomic mass is 35.5. The third-order valence-corrected chi connectivity index (χ3v) is 5.52. The predicted molar refractivity (Wildman–Crippen MR) is 107 cm³/mol. The molecule has 5 heteroatoms. The second-order valence-corrected chi connectivity index (χ2v) is 7.33. The van der Waals surface area contributed by atoms with Crippen molar-refractivity contribution in [2.24, 2.45) is 0 Å². The van der Waals surface area contributed by atoms with Crippen LogP contribution in [0.3, 0.4) is 0 Å². The van der Waals surface area contributed by atoms with Gasteiger partial charge in [-0.1, -0.05) is 61.0 Å². The maximum absolute atomic E-state index is 12.8. The fourth-order valence-corrected chi connectivity index (χ4v) is 3.69. The Balaban J connectivity index is 1.69. The molecular formula is C22H26ClNO3. The van der Waals surface area contributed by atoms with E-state index in [1.165, 1.54) is 5.56 Å². The summed E-state index contributed by atoms with van der Waals surface area (Å²) in [4.78, 5) is 12.8. The first kappa shape index (κ1) is 19.7. The first-order valence-corrected chi connectivity index (χ1v) is 9.84. The number of carbonyl (C=O) groups is 1. The Morgan fingerprint density at radius 2 is 1.81 bits per heavy atom. The molecule has 2 aromatic carbocycles. The molecule has 1 N–H and O–H groups in total. The number of para-hydroxylation sites is 1. The van der Waals surface area contributed by atoms with Crippen molar-refractivity contribution < 1.29 is 14.3 Å². The predicted octanol–water partition coefficient (Wildman–Crippen LogP) is 4.36. The number of benzene rings is 2. The Bertz CT molecular complexity index is 744. The van der Waals surface area contributed by atoms with E-state index in [1.54, 1.807) is 12.1 Å². The summed E-state index contributed by atoms with van der Waals surface area (Å²) in [5.74, 6) is 0.421. The van der Waals surface area contributed by atoms with Crippen LogP contribution in [0.15, 0.2) is 54.6 Å². The number of nitrogens with one attached hydrogen (secondary N) is 1. The van der Waals surface area contributed by atoms with E-state index in [-0.39, 0.29) is 11.3 Å². The summed E-state index contributed by atoms with van der Waals surface area (Å²) in [5, 5.41) is 3.63. The highest BCUT2D eigenvalue weighted by Gasteiger charge is 2.35. The van der Waals surface area contributed by atoms with Crippen molar-refractivity contribution in [2.75, 3.05) is 19.8 Å². The van der Waals surface area contributed by atoms with Crippen molar-refractivity contribution in [3.63, 3.8) is 0 Å². The standard InChI is InChI=1S/C22H26ClNO3/c1-2-19(27-20-11-7-6-10-18(20)23)21(25)24-16-22(12-14-26-15-13-22)17-8-4-3-5-9-17/h3-11,19H,2,12-16H2,1H3,(H,24,25)/t19-/m1/s1. The van der Waals surface area contributed by atoms with Crippen molar-refractivity contribution in [1.29, 1.82) is 0 Å². The molecule has 0 aliphatic carbocycles. The first-order chi connectivity index (χ1) is 13.1. The van der Waals surface area contributed by atoms with Crippen molar-refractivity contribution in [3.05, 3.63) is 65.2 Å².